The van der Waals surface area contributed by atoms with Gasteiger partial charge in [0.15, 0.2) is 0 Å². The zero-order valence-corrected chi connectivity index (χ0v) is 12.7. The number of benzene rings is 1. The van der Waals surface area contributed by atoms with E-state index < -0.39 is 5.91 Å². The third kappa shape index (κ3) is 5.40. The molecule has 114 valence electrons. The number of piperidine rings is 1. The molecule has 6 heteroatoms. The molecule has 0 aromatic heterocycles. The topological polar surface area (TPSA) is 84.2 Å². The Labute approximate surface area is 129 Å². The zero-order valence-electron chi connectivity index (χ0n) is 11.9. The van der Waals surface area contributed by atoms with Gasteiger partial charge in [0.25, 0.3) is 0 Å². The van der Waals surface area contributed by atoms with E-state index in [2.05, 4.69) is 10.6 Å². The van der Waals surface area contributed by atoms with Crippen LogP contribution >= 0.6 is 11.8 Å². The van der Waals surface area contributed by atoms with Crippen molar-refractivity contribution in [3.8, 4) is 0 Å². The maximum Gasteiger partial charge on any atom is 0.234 e. The van der Waals surface area contributed by atoms with Gasteiger partial charge in [-0.1, -0.05) is 18.2 Å². The summed E-state index contributed by atoms with van der Waals surface area (Å²) < 4.78 is 0. The zero-order chi connectivity index (χ0) is 15.1. The number of rotatable bonds is 6. The third-order valence-corrected chi connectivity index (χ3v) is 4.76. The second kappa shape index (κ2) is 8.05. The summed E-state index contributed by atoms with van der Waals surface area (Å²) in [6, 6.07) is 7.27. The Hall–Kier alpha value is -1.53. The van der Waals surface area contributed by atoms with Gasteiger partial charge in [-0.15, -0.1) is 11.8 Å². The van der Waals surface area contributed by atoms with E-state index in [0.29, 0.717) is 16.7 Å². The van der Waals surface area contributed by atoms with Crippen LogP contribution in [-0.4, -0.2) is 35.9 Å². The lowest BCUT2D eigenvalue weighted by molar-refractivity contribution is -0.117. The van der Waals surface area contributed by atoms with E-state index in [1.807, 2.05) is 12.1 Å². The van der Waals surface area contributed by atoms with Crippen molar-refractivity contribution >= 4 is 29.3 Å². The van der Waals surface area contributed by atoms with E-state index in [1.54, 1.807) is 23.9 Å². The second-order valence-corrected chi connectivity index (χ2v) is 6.40. The average Bonchev–Trinajstić information content (AvgIpc) is 2.48. The lowest BCUT2D eigenvalue weighted by Gasteiger charge is -2.21. The van der Waals surface area contributed by atoms with Crippen molar-refractivity contribution in [1.29, 1.82) is 0 Å². The number of carbonyl (C=O) groups excluding carboxylic acids is 2. The largest absolute Gasteiger partial charge is 0.369 e. The Balaban J connectivity index is 1.85. The quantitative estimate of drug-likeness (QED) is 0.736. The van der Waals surface area contributed by atoms with Crippen LogP contribution in [0.3, 0.4) is 0 Å². The van der Waals surface area contributed by atoms with Gasteiger partial charge in [0.2, 0.25) is 11.8 Å². The van der Waals surface area contributed by atoms with Crippen LogP contribution < -0.4 is 16.4 Å². The van der Waals surface area contributed by atoms with E-state index in [-0.39, 0.29) is 12.3 Å². The Kier molecular flexibility index (Phi) is 6.07. The molecule has 1 aliphatic heterocycles. The molecule has 4 N–H and O–H groups in total. The van der Waals surface area contributed by atoms with Crippen LogP contribution in [0, 0.1) is 0 Å². The second-order valence-electron chi connectivity index (χ2n) is 5.11. The molecule has 0 radical (unpaired) electrons. The molecule has 0 spiro atoms. The lowest BCUT2D eigenvalue weighted by Crippen LogP contribution is -2.30. The summed E-state index contributed by atoms with van der Waals surface area (Å²) in [6.07, 6.45) is 2.35. The first-order chi connectivity index (χ1) is 10.1. The van der Waals surface area contributed by atoms with Gasteiger partial charge in [0, 0.05) is 10.9 Å². The molecule has 5 nitrogen and oxygen atoms in total. The highest BCUT2D eigenvalue weighted by molar-refractivity contribution is 8.00. The number of primary amides is 1. The van der Waals surface area contributed by atoms with Crippen LogP contribution in [0.4, 0.5) is 5.69 Å². The number of nitrogens with one attached hydrogen (secondary N) is 2. The molecule has 21 heavy (non-hydrogen) atoms. The minimum absolute atomic E-state index is 0.0320. The fourth-order valence-corrected chi connectivity index (χ4v) is 3.35. The van der Waals surface area contributed by atoms with Crippen molar-refractivity contribution in [1.82, 2.24) is 5.32 Å². The van der Waals surface area contributed by atoms with Crippen molar-refractivity contribution in [3.05, 3.63) is 29.8 Å². The number of para-hydroxylation sites is 1. The standard InChI is InChI=1S/C15H21N3O2S/c16-14(19)9-11-3-1-2-4-13(11)18-15(20)10-21-12-5-7-17-8-6-12/h1-4,12,17H,5-10H2,(H2,16,19)(H,18,20). The summed E-state index contributed by atoms with van der Waals surface area (Å²) in [5.74, 6) is 0.00601. The number of anilines is 1. The minimum atomic E-state index is -0.402. The van der Waals surface area contributed by atoms with E-state index in [9.17, 15) is 9.59 Å². The number of hydrogen-bond acceptors (Lipinski definition) is 4. The minimum Gasteiger partial charge on any atom is -0.369 e. The number of carbonyl (C=O) groups is 2. The summed E-state index contributed by atoms with van der Waals surface area (Å²) in [7, 11) is 0. The lowest BCUT2D eigenvalue weighted by atomic mass is 10.1. The van der Waals surface area contributed by atoms with Gasteiger partial charge in [0.05, 0.1) is 12.2 Å². The van der Waals surface area contributed by atoms with Crippen LogP contribution in [0.1, 0.15) is 18.4 Å². The Morgan fingerprint density at radius 1 is 1.29 bits per heavy atom. The van der Waals surface area contributed by atoms with Crippen LogP contribution in [0.5, 0.6) is 0 Å². The molecule has 2 rings (SSSR count). The van der Waals surface area contributed by atoms with Crippen LogP contribution in [0.25, 0.3) is 0 Å². The maximum absolute atomic E-state index is 12.0. The van der Waals surface area contributed by atoms with Gasteiger partial charge in [-0.2, -0.15) is 0 Å². The summed E-state index contributed by atoms with van der Waals surface area (Å²) in [4.78, 5) is 23.1. The van der Waals surface area contributed by atoms with Gasteiger partial charge in [-0.3, -0.25) is 9.59 Å². The molecule has 1 aliphatic rings. The van der Waals surface area contributed by atoms with Gasteiger partial charge in [-0.25, -0.2) is 0 Å². The molecule has 1 aromatic carbocycles. The highest BCUT2D eigenvalue weighted by Gasteiger charge is 2.15. The molecule has 0 saturated carbocycles. The van der Waals surface area contributed by atoms with Crippen molar-refractivity contribution in [2.45, 2.75) is 24.5 Å². The van der Waals surface area contributed by atoms with E-state index in [1.165, 1.54) is 0 Å². The van der Waals surface area contributed by atoms with E-state index in [4.69, 9.17) is 5.73 Å². The molecule has 2 amide bonds. The molecule has 1 saturated heterocycles. The van der Waals surface area contributed by atoms with Crippen LogP contribution in [0.2, 0.25) is 0 Å². The molecule has 1 fully saturated rings. The molecule has 0 unspecified atom stereocenters. The molecular formula is C15H21N3O2S. The predicted molar refractivity (Wildman–Crippen MR) is 86.3 cm³/mol. The van der Waals surface area contributed by atoms with Crippen LogP contribution in [0.15, 0.2) is 24.3 Å². The molecule has 0 atom stereocenters. The Bertz CT molecular complexity index is 501. The summed E-state index contributed by atoms with van der Waals surface area (Å²) in [6.45, 7) is 2.06. The Morgan fingerprint density at radius 3 is 2.71 bits per heavy atom. The number of hydrogen-bond donors (Lipinski definition) is 3. The fourth-order valence-electron chi connectivity index (χ4n) is 2.33. The van der Waals surface area contributed by atoms with Crippen molar-refractivity contribution in [2.24, 2.45) is 5.73 Å². The smallest absolute Gasteiger partial charge is 0.234 e. The first-order valence-electron chi connectivity index (χ1n) is 7.13. The average molecular weight is 307 g/mol. The van der Waals surface area contributed by atoms with Gasteiger partial charge < -0.3 is 16.4 Å². The fraction of sp³-hybridized carbons (Fsp3) is 0.467. The van der Waals surface area contributed by atoms with Crippen molar-refractivity contribution in [2.75, 3.05) is 24.2 Å². The van der Waals surface area contributed by atoms with E-state index >= 15 is 0 Å². The van der Waals surface area contributed by atoms with Crippen LogP contribution in [-0.2, 0) is 16.0 Å². The third-order valence-electron chi connectivity index (χ3n) is 3.39. The highest BCUT2D eigenvalue weighted by atomic mass is 32.2. The number of amides is 2. The van der Waals surface area contributed by atoms with Gasteiger partial charge in [0.1, 0.15) is 0 Å². The van der Waals surface area contributed by atoms with Crippen molar-refractivity contribution < 1.29 is 9.59 Å². The normalized spacial score (nSPS) is 15.6. The Morgan fingerprint density at radius 2 is 2.00 bits per heavy atom. The monoisotopic (exact) mass is 307 g/mol. The summed E-state index contributed by atoms with van der Waals surface area (Å²) in [5, 5.41) is 6.74. The molecule has 1 heterocycles. The molecule has 1 aromatic rings. The number of nitrogens with two attached hydrogens (primary N) is 1. The molecule has 0 bridgehead atoms. The number of thioether (sulfide) groups is 1. The highest BCUT2D eigenvalue weighted by Crippen LogP contribution is 2.21. The first-order valence-corrected chi connectivity index (χ1v) is 8.18. The summed E-state index contributed by atoms with van der Waals surface area (Å²) >= 11 is 1.70. The van der Waals surface area contributed by atoms with Crippen molar-refractivity contribution in [3.63, 3.8) is 0 Å². The van der Waals surface area contributed by atoms with Gasteiger partial charge >= 0.3 is 0 Å². The first kappa shape index (κ1) is 15.9. The van der Waals surface area contributed by atoms with E-state index in [0.717, 1.165) is 31.5 Å². The molecule has 0 aliphatic carbocycles. The molecular weight excluding hydrogens is 286 g/mol. The van der Waals surface area contributed by atoms with Gasteiger partial charge in [-0.05, 0) is 37.6 Å². The SMILES string of the molecule is NC(=O)Cc1ccccc1NC(=O)CSC1CCNCC1. The predicted octanol–water partition coefficient (Wildman–Crippen LogP) is 1.14. The maximum atomic E-state index is 12.0. The summed E-state index contributed by atoms with van der Waals surface area (Å²) in [5.41, 5.74) is 6.65.